The monoisotopic (exact) mass is 319 g/mol. The fraction of sp³-hybridized carbons (Fsp3) is 0.267. The molecular formula is C15H14FN3O2S. The van der Waals surface area contributed by atoms with Crippen LogP contribution in [-0.4, -0.2) is 21.7 Å². The molecule has 0 bridgehead atoms. The molecule has 2 aromatic rings. The van der Waals surface area contributed by atoms with Crippen LogP contribution < -0.4 is 10.9 Å². The van der Waals surface area contributed by atoms with Crippen molar-refractivity contribution in [3.63, 3.8) is 0 Å². The minimum Gasteiger partial charge on any atom is -0.312 e. The molecule has 0 unspecified atom stereocenters. The van der Waals surface area contributed by atoms with E-state index in [1.807, 2.05) is 6.26 Å². The summed E-state index contributed by atoms with van der Waals surface area (Å²) in [6, 6.07) is 5.98. The molecule has 0 saturated heterocycles. The topological polar surface area (TPSA) is 64.0 Å². The maximum atomic E-state index is 13.5. The molecule has 0 spiro atoms. The number of fused-ring (bicyclic) bond motifs is 1. The van der Waals surface area contributed by atoms with Crippen molar-refractivity contribution in [2.75, 3.05) is 11.6 Å². The van der Waals surface area contributed by atoms with E-state index in [2.05, 4.69) is 10.3 Å². The van der Waals surface area contributed by atoms with Gasteiger partial charge < -0.3 is 9.88 Å². The Balaban J connectivity index is 2.24. The number of halogens is 1. The Labute approximate surface area is 130 Å². The number of rotatable bonds is 2. The van der Waals surface area contributed by atoms with Gasteiger partial charge in [0.05, 0.1) is 5.56 Å². The second kappa shape index (κ2) is 5.57. The third kappa shape index (κ3) is 2.41. The van der Waals surface area contributed by atoms with Crippen molar-refractivity contribution in [2.45, 2.75) is 17.5 Å². The van der Waals surface area contributed by atoms with Crippen molar-refractivity contribution in [2.24, 2.45) is 7.05 Å². The van der Waals surface area contributed by atoms with Crippen LogP contribution in [-0.2, 0) is 11.8 Å². The molecule has 1 aliphatic rings. The predicted molar refractivity (Wildman–Crippen MR) is 82.7 cm³/mol. The zero-order chi connectivity index (χ0) is 15.9. The van der Waals surface area contributed by atoms with E-state index in [0.717, 1.165) is 0 Å². The van der Waals surface area contributed by atoms with Gasteiger partial charge in [-0.15, -0.1) is 0 Å². The number of benzene rings is 1. The van der Waals surface area contributed by atoms with Gasteiger partial charge in [0.25, 0.3) is 5.56 Å². The quantitative estimate of drug-likeness (QED) is 0.680. The molecule has 1 atom stereocenters. The van der Waals surface area contributed by atoms with Crippen LogP contribution in [0.4, 0.5) is 10.2 Å². The Kier molecular flexibility index (Phi) is 3.74. The van der Waals surface area contributed by atoms with E-state index < -0.39 is 11.7 Å². The lowest BCUT2D eigenvalue weighted by Gasteiger charge is -2.27. The first-order valence-corrected chi connectivity index (χ1v) is 7.94. The highest BCUT2D eigenvalue weighted by Crippen LogP contribution is 2.35. The van der Waals surface area contributed by atoms with Gasteiger partial charge >= 0.3 is 0 Å². The molecule has 1 N–H and O–H groups in total. The molecule has 1 aromatic heterocycles. The first kappa shape index (κ1) is 14.8. The molecular weight excluding hydrogens is 305 g/mol. The lowest BCUT2D eigenvalue weighted by molar-refractivity contribution is -0.116. The summed E-state index contributed by atoms with van der Waals surface area (Å²) in [5, 5.41) is 3.25. The Morgan fingerprint density at radius 2 is 2.18 bits per heavy atom. The first-order chi connectivity index (χ1) is 10.5. The normalized spacial score (nSPS) is 17.0. The molecule has 2 heterocycles. The van der Waals surface area contributed by atoms with Crippen LogP contribution in [0.15, 0.2) is 34.2 Å². The van der Waals surface area contributed by atoms with E-state index in [1.165, 1.54) is 23.9 Å². The minimum absolute atomic E-state index is 0.103. The van der Waals surface area contributed by atoms with Gasteiger partial charge in [-0.3, -0.25) is 9.59 Å². The van der Waals surface area contributed by atoms with E-state index in [9.17, 15) is 14.0 Å². The van der Waals surface area contributed by atoms with E-state index in [1.54, 1.807) is 23.7 Å². The number of aromatic nitrogens is 2. The van der Waals surface area contributed by atoms with Crippen LogP contribution in [0.25, 0.3) is 0 Å². The number of hydrogen-bond donors (Lipinski definition) is 1. The maximum absolute atomic E-state index is 13.5. The number of nitrogens with one attached hydrogen (secondary N) is 1. The molecule has 0 radical (unpaired) electrons. The van der Waals surface area contributed by atoms with Crippen LogP contribution in [0.1, 0.15) is 23.5 Å². The van der Waals surface area contributed by atoms with Gasteiger partial charge in [-0.25, -0.2) is 4.39 Å². The molecule has 7 heteroatoms. The zero-order valence-corrected chi connectivity index (χ0v) is 12.9. The van der Waals surface area contributed by atoms with E-state index >= 15 is 0 Å². The van der Waals surface area contributed by atoms with Gasteiger partial charge in [-0.2, -0.15) is 4.98 Å². The standard InChI is InChI=1S/C15H14FN3O2S/c1-19-13-12(14(21)18-15(19)22-2)10(7-11(20)17-13)8-4-3-5-9(16)6-8/h3-6,10H,7H2,1-2H3,(H,17,20)/t10-/m1/s1. The summed E-state index contributed by atoms with van der Waals surface area (Å²) in [4.78, 5) is 28.5. The summed E-state index contributed by atoms with van der Waals surface area (Å²) in [5.41, 5.74) is 0.629. The molecule has 114 valence electrons. The van der Waals surface area contributed by atoms with E-state index in [-0.39, 0.29) is 17.9 Å². The lowest BCUT2D eigenvalue weighted by atomic mass is 9.87. The van der Waals surface area contributed by atoms with Gasteiger partial charge in [0, 0.05) is 19.4 Å². The van der Waals surface area contributed by atoms with Crippen LogP contribution in [0, 0.1) is 5.82 Å². The number of carbonyl (C=O) groups excluding carboxylic acids is 1. The molecule has 22 heavy (non-hydrogen) atoms. The summed E-state index contributed by atoms with van der Waals surface area (Å²) in [6.07, 6.45) is 1.91. The molecule has 5 nitrogen and oxygen atoms in total. The maximum Gasteiger partial charge on any atom is 0.279 e. The molecule has 1 aromatic carbocycles. The van der Waals surface area contributed by atoms with Crippen molar-refractivity contribution in [1.29, 1.82) is 0 Å². The third-order valence-corrected chi connectivity index (χ3v) is 4.46. The third-order valence-electron chi connectivity index (χ3n) is 3.73. The van der Waals surface area contributed by atoms with Crippen LogP contribution in [0.5, 0.6) is 0 Å². The molecule has 0 fully saturated rings. The molecule has 0 aliphatic carbocycles. The average Bonchev–Trinajstić information content (AvgIpc) is 2.50. The van der Waals surface area contributed by atoms with Crippen LogP contribution in [0.2, 0.25) is 0 Å². The Morgan fingerprint density at radius 1 is 1.41 bits per heavy atom. The predicted octanol–water partition coefficient (Wildman–Crippen LogP) is 2.12. The average molecular weight is 319 g/mol. The number of nitrogens with zero attached hydrogens (tertiary/aromatic N) is 2. The highest BCUT2D eigenvalue weighted by Gasteiger charge is 2.32. The van der Waals surface area contributed by atoms with Gasteiger partial charge in [0.2, 0.25) is 5.91 Å². The Morgan fingerprint density at radius 3 is 2.86 bits per heavy atom. The summed E-state index contributed by atoms with van der Waals surface area (Å²) < 4.78 is 15.2. The Hall–Kier alpha value is -2.15. The van der Waals surface area contributed by atoms with Crippen molar-refractivity contribution in [3.05, 3.63) is 51.6 Å². The van der Waals surface area contributed by atoms with E-state index in [4.69, 9.17) is 0 Å². The van der Waals surface area contributed by atoms with Gasteiger partial charge in [0.15, 0.2) is 5.16 Å². The summed E-state index contributed by atoms with van der Waals surface area (Å²) >= 11 is 1.32. The number of thioether (sulfide) groups is 1. The highest BCUT2D eigenvalue weighted by atomic mass is 32.2. The van der Waals surface area contributed by atoms with Crippen molar-refractivity contribution >= 4 is 23.5 Å². The van der Waals surface area contributed by atoms with Gasteiger partial charge in [0.1, 0.15) is 11.6 Å². The number of hydrogen-bond acceptors (Lipinski definition) is 4. The number of carbonyl (C=O) groups is 1. The fourth-order valence-corrected chi connectivity index (χ4v) is 3.27. The highest BCUT2D eigenvalue weighted by molar-refractivity contribution is 7.98. The summed E-state index contributed by atoms with van der Waals surface area (Å²) in [7, 11) is 1.74. The summed E-state index contributed by atoms with van der Waals surface area (Å²) in [6.45, 7) is 0. The van der Waals surface area contributed by atoms with Gasteiger partial charge in [-0.05, 0) is 24.0 Å². The molecule has 1 amide bonds. The second-order valence-corrected chi connectivity index (χ2v) is 5.86. The van der Waals surface area contributed by atoms with E-state index in [0.29, 0.717) is 22.1 Å². The zero-order valence-electron chi connectivity index (χ0n) is 12.1. The van der Waals surface area contributed by atoms with Crippen LogP contribution >= 0.6 is 11.8 Å². The number of amides is 1. The van der Waals surface area contributed by atoms with Crippen LogP contribution in [0.3, 0.4) is 0 Å². The molecule has 3 rings (SSSR count). The molecule has 0 saturated carbocycles. The van der Waals surface area contributed by atoms with Gasteiger partial charge in [-0.1, -0.05) is 23.9 Å². The SMILES string of the molecule is CSc1nc(=O)c2c(n1C)NC(=O)C[C@@H]2c1cccc(F)c1. The minimum atomic E-state index is -0.485. The number of anilines is 1. The summed E-state index contributed by atoms with van der Waals surface area (Å²) in [5.74, 6) is -0.637. The Bertz CT molecular complexity index is 819. The largest absolute Gasteiger partial charge is 0.312 e. The molecule has 1 aliphatic heterocycles. The first-order valence-electron chi connectivity index (χ1n) is 6.71. The smallest absolute Gasteiger partial charge is 0.279 e. The lowest BCUT2D eigenvalue weighted by Crippen LogP contribution is -2.33. The fourth-order valence-electron chi connectivity index (χ4n) is 2.73. The van der Waals surface area contributed by atoms with Crippen molar-refractivity contribution in [3.8, 4) is 0 Å². The second-order valence-electron chi connectivity index (χ2n) is 5.08. The van der Waals surface area contributed by atoms with Crippen molar-refractivity contribution < 1.29 is 9.18 Å². The van der Waals surface area contributed by atoms with Crippen molar-refractivity contribution in [1.82, 2.24) is 9.55 Å².